The van der Waals surface area contributed by atoms with Crippen molar-refractivity contribution in [3.63, 3.8) is 0 Å². The van der Waals surface area contributed by atoms with Gasteiger partial charge in [0.2, 0.25) is 10.0 Å². The molecule has 1 aromatic carbocycles. The summed E-state index contributed by atoms with van der Waals surface area (Å²) in [6.45, 7) is 4.01. The van der Waals surface area contributed by atoms with Gasteiger partial charge in [-0.3, -0.25) is 4.72 Å². The summed E-state index contributed by atoms with van der Waals surface area (Å²) in [6.07, 6.45) is 2.20. The molecule has 0 unspecified atom stereocenters. The summed E-state index contributed by atoms with van der Waals surface area (Å²) in [5.41, 5.74) is 1.99. The van der Waals surface area contributed by atoms with Gasteiger partial charge in [-0.2, -0.15) is 0 Å². The second kappa shape index (κ2) is 4.97. The molecule has 6 heteroatoms. The van der Waals surface area contributed by atoms with Gasteiger partial charge in [-0.15, -0.1) is 0 Å². The van der Waals surface area contributed by atoms with Crippen LogP contribution in [-0.4, -0.2) is 24.1 Å². The highest BCUT2D eigenvalue weighted by Gasteiger charge is 2.13. The Hall–Kier alpha value is -1.56. The summed E-state index contributed by atoms with van der Waals surface area (Å²) < 4.78 is 26.4. The number of imidazole rings is 1. The number of nitrogens with one attached hydrogen (secondary N) is 2. The van der Waals surface area contributed by atoms with Crippen LogP contribution < -0.4 is 4.72 Å². The van der Waals surface area contributed by atoms with Gasteiger partial charge >= 0.3 is 0 Å². The zero-order valence-electron chi connectivity index (χ0n) is 10.5. The van der Waals surface area contributed by atoms with Gasteiger partial charge in [0, 0.05) is 0 Å². The Balaban J connectivity index is 2.20. The zero-order chi connectivity index (χ0) is 13.2. The lowest BCUT2D eigenvalue weighted by molar-refractivity contribution is 0.578. The predicted molar refractivity (Wildman–Crippen MR) is 73.0 cm³/mol. The van der Waals surface area contributed by atoms with Gasteiger partial charge in [0.25, 0.3) is 0 Å². The van der Waals surface area contributed by atoms with Crippen molar-refractivity contribution in [2.45, 2.75) is 20.3 Å². The van der Waals surface area contributed by atoms with Crippen LogP contribution in [0.5, 0.6) is 0 Å². The first-order valence-corrected chi connectivity index (χ1v) is 7.56. The number of aromatic nitrogens is 2. The smallest absolute Gasteiger partial charge is 0.232 e. The number of benzene rings is 1. The van der Waals surface area contributed by atoms with Gasteiger partial charge in [0.1, 0.15) is 5.52 Å². The zero-order valence-corrected chi connectivity index (χ0v) is 11.3. The quantitative estimate of drug-likeness (QED) is 0.873. The standard InChI is InChI=1S/C12H17N3O2S/c1-9(2)6-7-18(16,17)15-11-5-3-4-10-12(11)14-8-13-10/h3-5,8-9,15H,6-7H2,1-2H3,(H,13,14). The SMILES string of the molecule is CC(C)CCS(=O)(=O)Nc1cccc2[nH]cnc12. The molecular formula is C12H17N3O2S. The van der Waals surface area contributed by atoms with Crippen LogP contribution in [0, 0.1) is 5.92 Å². The number of anilines is 1. The summed E-state index contributed by atoms with van der Waals surface area (Å²) in [5.74, 6) is 0.494. The molecule has 0 bridgehead atoms. The maximum Gasteiger partial charge on any atom is 0.232 e. The monoisotopic (exact) mass is 267 g/mol. The molecule has 0 aliphatic rings. The number of H-pyrrole nitrogens is 1. The maximum absolute atomic E-state index is 11.9. The number of fused-ring (bicyclic) bond motifs is 1. The summed E-state index contributed by atoms with van der Waals surface area (Å²) in [7, 11) is -3.30. The van der Waals surface area contributed by atoms with Gasteiger partial charge < -0.3 is 4.98 Å². The number of sulfonamides is 1. The Morgan fingerprint density at radius 1 is 1.39 bits per heavy atom. The minimum absolute atomic E-state index is 0.130. The Morgan fingerprint density at radius 3 is 2.89 bits per heavy atom. The van der Waals surface area contributed by atoms with E-state index in [-0.39, 0.29) is 5.75 Å². The van der Waals surface area contributed by atoms with Gasteiger partial charge in [0.15, 0.2) is 0 Å². The maximum atomic E-state index is 11.9. The third-order valence-electron chi connectivity index (χ3n) is 2.68. The van der Waals surface area contributed by atoms with E-state index < -0.39 is 10.0 Å². The average molecular weight is 267 g/mol. The molecule has 0 saturated carbocycles. The average Bonchev–Trinajstić information content (AvgIpc) is 2.75. The van der Waals surface area contributed by atoms with Gasteiger partial charge in [-0.05, 0) is 24.5 Å². The summed E-state index contributed by atoms with van der Waals surface area (Å²) in [5, 5.41) is 0. The molecule has 0 fully saturated rings. The predicted octanol–water partition coefficient (Wildman–Crippen LogP) is 2.35. The number of aromatic amines is 1. The first kappa shape index (κ1) is 12.9. The molecule has 0 aliphatic heterocycles. The van der Waals surface area contributed by atoms with Gasteiger partial charge in [0.05, 0.1) is 23.3 Å². The van der Waals surface area contributed by atoms with E-state index in [0.29, 0.717) is 23.5 Å². The van der Waals surface area contributed by atoms with E-state index in [9.17, 15) is 8.42 Å². The second-order valence-electron chi connectivity index (χ2n) is 4.71. The Bertz CT molecular complexity index is 632. The molecule has 0 amide bonds. The van der Waals surface area contributed by atoms with Crippen LogP contribution >= 0.6 is 0 Å². The molecule has 2 N–H and O–H groups in total. The van der Waals surface area contributed by atoms with Crippen molar-refractivity contribution >= 4 is 26.7 Å². The fourth-order valence-electron chi connectivity index (χ4n) is 1.66. The summed E-state index contributed by atoms with van der Waals surface area (Å²) >= 11 is 0. The van der Waals surface area contributed by atoms with E-state index in [0.717, 1.165) is 5.52 Å². The largest absolute Gasteiger partial charge is 0.345 e. The van der Waals surface area contributed by atoms with Crippen molar-refractivity contribution in [3.8, 4) is 0 Å². The van der Waals surface area contributed by atoms with Crippen molar-refractivity contribution in [3.05, 3.63) is 24.5 Å². The molecule has 2 aromatic rings. The summed E-state index contributed by atoms with van der Waals surface area (Å²) in [6, 6.07) is 5.37. The number of nitrogens with zero attached hydrogens (tertiary/aromatic N) is 1. The van der Waals surface area contributed by atoms with Crippen molar-refractivity contribution in [2.24, 2.45) is 5.92 Å². The molecule has 1 aromatic heterocycles. The second-order valence-corrected chi connectivity index (χ2v) is 6.55. The van der Waals surface area contributed by atoms with Crippen molar-refractivity contribution < 1.29 is 8.42 Å². The van der Waals surface area contributed by atoms with Crippen LogP contribution in [0.4, 0.5) is 5.69 Å². The molecule has 0 radical (unpaired) electrons. The van der Waals surface area contributed by atoms with Gasteiger partial charge in [-0.25, -0.2) is 13.4 Å². The van der Waals surface area contributed by atoms with E-state index in [1.54, 1.807) is 18.5 Å². The topological polar surface area (TPSA) is 74.8 Å². The van der Waals surface area contributed by atoms with Crippen molar-refractivity contribution in [1.82, 2.24) is 9.97 Å². The minimum Gasteiger partial charge on any atom is -0.345 e. The number of hydrogen-bond donors (Lipinski definition) is 2. The molecule has 1 heterocycles. The molecule has 2 rings (SSSR count). The molecule has 0 atom stereocenters. The Morgan fingerprint density at radius 2 is 2.17 bits per heavy atom. The van der Waals surface area contributed by atoms with Crippen LogP contribution in [0.25, 0.3) is 11.0 Å². The van der Waals surface area contributed by atoms with E-state index in [2.05, 4.69) is 14.7 Å². The van der Waals surface area contributed by atoms with Crippen LogP contribution in [0.2, 0.25) is 0 Å². The third kappa shape index (κ3) is 3.01. The van der Waals surface area contributed by atoms with Crippen LogP contribution in [-0.2, 0) is 10.0 Å². The number of hydrogen-bond acceptors (Lipinski definition) is 3. The van der Waals surface area contributed by atoms with E-state index in [1.807, 2.05) is 19.9 Å². The first-order valence-electron chi connectivity index (χ1n) is 5.90. The molecular weight excluding hydrogens is 250 g/mol. The van der Waals surface area contributed by atoms with E-state index in [1.165, 1.54) is 0 Å². The molecule has 0 aliphatic carbocycles. The third-order valence-corrected chi connectivity index (χ3v) is 3.98. The highest BCUT2D eigenvalue weighted by atomic mass is 32.2. The Labute approximate surface area is 107 Å². The first-order chi connectivity index (χ1) is 8.48. The molecule has 0 spiro atoms. The molecule has 5 nitrogen and oxygen atoms in total. The number of rotatable bonds is 5. The lowest BCUT2D eigenvalue weighted by Gasteiger charge is -2.09. The van der Waals surface area contributed by atoms with Crippen molar-refractivity contribution in [1.29, 1.82) is 0 Å². The van der Waals surface area contributed by atoms with Crippen LogP contribution in [0.3, 0.4) is 0 Å². The minimum atomic E-state index is -3.30. The lowest BCUT2D eigenvalue weighted by Crippen LogP contribution is -2.18. The van der Waals surface area contributed by atoms with Crippen molar-refractivity contribution in [2.75, 3.05) is 10.5 Å². The van der Waals surface area contributed by atoms with E-state index >= 15 is 0 Å². The lowest BCUT2D eigenvalue weighted by atomic mass is 10.2. The Kier molecular flexibility index (Phi) is 3.56. The summed E-state index contributed by atoms with van der Waals surface area (Å²) in [4.78, 5) is 7.07. The fraction of sp³-hybridized carbons (Fsp3) is 0.417. The fourth-order valence-corrected chi connectivity index (χ4v) is 3.04. The highest BCUT2D eigenvalue weighted by molar-refractivity contribution is 7.92. The van der Waals surface area contributed by atoms with Crippen LogP contribution in [0.15, 0.2) is 24.5 Å². The van der Waals surface area contributed by atoms with Gasteiger partial charge in [-0.1, -0.05) is 19.9 Å². The number of para-hydroxylation sites is 1. The molecule has 0 saturated heterocycles. The van der Waals surface area contributed by atoms with Crippen LogP contribution in [0.1, 0.15) is 20.3 Å². The van der Waals surface area contributed by atoms with E-state index in [4.69, 9.17) is 0 Å². The molecule has 18 heavy (non-hydrogen) atoms. The molecule has 98 valence electrons. The highest BCUT2D eigenvalue weighted by Crippen LogP contribution is 2.21. The normalized spacial score (nSPS) is 12.2.